The van der Waals surface area contributed by atoms with Gasteiger partial charge in [-0.1, -0.05) is 0 Å². The Balaban J connectivity index is 0. The van der Waals surface area contributed by atoms with Crippen LogP contribution in [0.25, 0.3) is 0 Å². The zero-order chi connectivity index (χ0) is 0. The molecule has 0 heterocycles. The van der Waals surface area contributed by atoms with Crippen LogP contribution in [0.15, 0.2) is 0 Å². The van der Waals surface area contributed by atoms with Crippen molar-refractivity contribution in [1.29, 1.82) is 0 Å². The van der Waals surface area contributed by atoms with Gasteiger partial charge < -0.3 is 0 Å². The number of rotatable bonds is 0. The first kappa shape index (κ1) is 46.6. The van der Waals surface area contributed by atoms with E-state index >= 15 is 0 Å². The van der Waals surface area contributed by atoms with Crippen LogP contribution in [0.5, 0.6) is 0 Å². The maximum Gasteiger partial charge on any atom is 0 e. The van der Waals surface area contributed by atoms with Gasteiger partial charge in [0.05, 0.1) is 0 Å². The summed E-state index contributed by atoms with van der Waals surface area (Å²) >= 11 is 0. The van der Waals surface area contributed by atoms with Crippen molar-refractivity contribution in [3.05, 3.63) is 0 Å². The summed E-state index contributed by atoms with van der Waals surface area (Å²) in [6.45, 7) is 0. The van der Waals surface area contributed by atoms with Crippen molar-refractivity contribution < 1.29 is 49.5 Å². The smallest absolute Gasteiger partial charge is 0 e. The molecule has 0 aliphatic heterocycles. The molecule has 0 aromatic rings. The Kier molecular flexibility index (Phi) is 275. The van der Waals surface area contributed by atoms with Crippen molar-refractivity contribution in [2.24, 2.45) is 0 Å². The molecule has 0 saturated heterocycles. The monoisotopic (exact) mass is 312 g/mol. The fourth-order valence-corrected chi connectivity index (χ4v) is 0. The van der Waals surface area contributed by atoms with E-state index in [1.54, 1.807) is 0 Å². The van der Waals surface area contributed by atoms with Crippen molar-refractivity contribution in [3.8, 4) is 0 Å². The summed E-state index contributed by atoms with van der Waals surface area (Å²) in [5.74, 6) is 0. The Morgan fingerprint density at radius 3 is 0.400 bits per heavy atom. The maximum absolute atomic E-state index is 0. The van der Waals surface area contributed by atoms with E-state index in [0.717, 1.165) is 0 Å². The second-order valence-corrected chi connectivity index (χ2v) is 0. The van der Waals surface area contributed by atoms with Gasteiger partial charge in [0.25, 0.3) is 0 Å². The van der Waals surface area contributed by atoms with Gasteiger partial charge >= 0.3 is 0 Å². The first-order valence-electron chi connectivity index (χ1n) is 0. The van der Waals surface area contributed by atoms with E-state index in [4.69, 9.17) is 0 Å². The van der Waals surface area contributed by atoms with Crippen LogP contribution in [0.3, 0.4) is 0 Å². The summed E-state index contributed by atoms with van der Waals surface area (Å²) in [6, 6.07) is 0. The average Bonchev–Trinajstić information content (AvgIpc) is 0. The Morgan fingerprint density at radius 2 is 0.400 bits per heavy atom. The van der Waals surface area contributed by atoms with E-state index in [1.165, 1.54) is 0 Å². The largest absolute Gasteiger partial charge is 0 e. The minimum atomic E-state index is 0. The number of hydrogen-bond donors (Lipinski definition) is 0. The van der Waals surface area contributed by atoms with E-state index in [9.17, 15) is 0 Å². The van der Waals surface area contributed by atoms with Gasteiger partial charge in [-0.05, 0) is 0 Å². The summed E-state index contributed by atoms with van der Waals surface area (Å²) in [6.07, 6.45) is 0. The van der Waals surface area contributed by atoms with Crippen LogP contribution in [-0.2, 0) is 49.5 Å². The molecule has 0 atom stereocenters. The zero-order valence-corrected chi connectivity index (χ0v) is 9.91. The summed E-state index contributed by atoms with van der Waals surface area (Å²) < 4.78 is 0. The van der Waals surface area contributed by atoms with E-state index in [-0.39, 0.29) is 89.1 Å². The molecule has 0 N–H and O–H groups in total. The molecular formula is Ga2Ni3. The molecule has 36 valence electrons. The molecule has 0 nitrogen and oxygen atoms in total. The van der Waals surface area contributed by atoms with Crippen molar-refractivity contribution in [3.63, 3.8) is 0 Å². The Morgan fingerprint density at radius 1 is 0.400 bits per heavy atom. The summed E-state index contributed by atoms with van der Waals surface area (Å²) in [5.41, 5.74) is 0. The zero-order valence-electron chi connectivity index (χ0n) is 2.10. The van der Waals surface area contributed by atoms with E-state index in [0.29, 0.717) is 0 Å². The summed E-state index contributed by atoms with van der Waals surface area (Å²) in [4.78, 5) is 0. The van der Waals surface area contributed by atoms with Crippen LogP contribution in [0.1, 0.15) is 0 Å². The molecule has 0 aromatic carbocycles. The quantitative estimate of drug-likeness (QED) is 0.515. The van der Waals surface area contributed by atoms with E-state index < -0.39 is 0 Å². The molecule has 0 fully saturated rings. The molecule has 0 aliphatic carbocycles. The predicted molar refractivity (Wildman–Crippen MR) is 11.5 cm³/mol. The molecular weight excluding hydrogens is 316 g/mol. The van der Waals surface area contributed by atoms with Gasteiger partial charge in [-0.15, -0.1) is 0 Å². The molecule has 0 spiro atoms. The van der Waals surface area contributed by atoms with Crippen molar-refractivity contribution in [2.75, 3.05) is 0 Å². The standard InChI is InChI=1S/2Ga.3Ni. The molecule has 5 heavy (non-hydrogen) atoms. The van der Waals surface area contributed by atoms with Crippen molar-refractivity contribution in [2.45, 2.75) is 0 Å². The van der Waals surface area contributed by atoms with Crippen LogP contribution in [-0.4, -0.2) is 39.6 Å². The van der Waals surface area contributed by atoms with Crippen molar-refractivity contribution in [1.82, 2.24) is 0 Å². The van der Waals surface area contributed by atoms with E-state index in [2.05, 4.69) is 0 Å². The van der Waals surface area contributed by atoms with Crippen LogP contribution >= 0.6 is 0 Å². The molecule has 6 radical (unpaired) electrons. The third kappa shape index (κ3) is 20.1. The molecule has 0 unspecified atom stereocenters. The summed E-state index contributed by atoms with van der Waals surface area (Å²) in [7, 11) is 0. The van der Waals surface area contributed by atoms with Crippen molar-refractivity contribution >= 4 is 39.6 Å². The normalized spacial score (nSPS) is 0. The molecule has 5 heteroatoms. The first-order chi connectivity index (χ1) is 0. The van der Waals surface area contributed by atoms with Gasteiger partial charge in [0.2, 0.25) is 0 Å². The van der Waals surface area contributed by atoms with Gasteiger partial charge in [0.1, 0.15) is 0 Å². The van der Waals surface area contributed by atoms with Crippen LogP contribution in [0, 0.1) is 0 Å². The molecule has 0 bridgehead atoms. The van der Waals surface area contributed by atoms with Gasteiger partial charge in [-0.25, -0.2) is 0 Å². The van der Waals surface area contributed by atoms with Gasteiger partial charge in [0.15, 0.2) is 0 Å². The molecule has 0 amide bonds. The van der Waals surface area contributed by atoms with Gasteiger partial charge in [-0.3, -0.25) is 0 Å². The minimum absolute atomic E-state index is 0. The van der Waals surface area contributed by atoms with Gasteiger partial charge in [0, 0.05) is 89.1 Å². The fourth-order valence-electron chi connectivity index (χ4n) is 0. The average molecular weight is 316 g/mol. The fraction of sp³-hybridized carbons (Fsp3) is 0. The predicted octanol–water partition coefficient (Wildman–Crippen LogP) is -0.769. The topological polar surface area (TPSA) is 0 Å². The van der Waals surface area contributed by atoms with Crippen LogP contribution in [0.2, 0.25) is 0 Å². The Bertz CT molecular complexity index is 4.85. The summed E-state index contributed by atoms with van der Waals surface area (Å²) in [5, 5.41) is 0. The second kappa shape index (κ2) is 29.5. The van der Waals surface area contributed by atoms with E-state index in [1.807, 2.05) is 0 Å². The second-order valence-electron chi connectivity index (χ2n) is 0. The molecule has 0 aromatic heterocycles. The SMILES string of the molecule is [Ga].[Ga].[Ni].[Ni].[Ni]. The van der Waals surface area contributed by atoms with Crippen LogP contribution in [0.4, 0.5) is 0 Å². The third-order valence-corrected chi connectivity index (χ3v) is 0. The number of hydrogen-bond acceptors (Lipinski definition) is 0. The minimum Gasteiger partial charge on any atom is 0 e. The molecule has 0 rings (SSSR count). The Hall–Kier alpha value is 2.75. The van der Waals surface area contributed by atoms with Gasteiger partial charge in [-0.2, -0.15) is 0 Å². The maximum atomic E-state index is 0. The third-order valence-electron chi connectivity index (χ3n) is 0. The Labute approximate surface area is 87.9 Å². The van der Waals surface area contributed by atoms with Crippen LogP contribution < -0.4 is 0 Å². The first-order valence-corrected chi connectivity index (χ1v) is 0. The molecule has 0 saturated carbocycles. The molecule has 0 aliphatic rings.